The second kappa shape index (κ2) is 5.88. The second-order valence-corrected chi connectivity index (χ2v) is 6.04. The van der Waals surface area contributed by atoms with E-state index in [1.54, 1.807) is 12.1 Å². The number of amides is 1. The van der Waals surface area contributed by atoms with Crippen LogP contribution < -0.4 is 10.6 Å². The van der Waals surface area contributed by atoms with Gasteiger partial charge in [-0.25, -0.2) is 0 Å². The van der Waals surface area contributed by atoms with Crippen molar-refractivity contribution in [1.82, 2.24) is 5.32 Å². The number of piperidine rings is 1. The van der Waals surface area contributed by atoms with Crippen LogP contribution >= 0.6 is 15.9 Å². The first kappa shape index (κ1) is 14.9. The van der Waals surface area contributed by atoms with Crippen molar-refractivity contribution in [1.29, 1.82) is 0 Å². The van der Waals surface area contributed by atoms with E-state index in [1.807, 2.05) is 6.92 Å². The van der Waals surface area contributed by atoms with Gasteiger partial charge in [0.05, 0.1) is 9.40 Å². The van der Waals surface area contributed by atoms with Gasteiger partial charge in [0.1, 0.15) is 0 Å². The topological polar surface area (TPSA) is 84.3 Å². The Bertz CT molecular complexity index is 542. The van der Waals surface area contributed by atoms with Crippen LogP contribution in [0.2, 0.25) is 0 Å². The zero-order valence-electron chi connectivity index (χ0n) is 11.1. The lowest BCUT2D eigenvalue weighted by molar-refractivity contribution is -0.385. The van der Waals surface area contributed by atoms with Crippen LogP contribution in [0.5, 0.6) is 0 Å². The van der Waals surface area contributed by atoms with E-state index in [0.717, 1.165) is 25.9 Å². The number of rotatable bonds is 3. The Morgan fingerprint density at radius 1 is 1.45 bits per heavy atom. The summed E-state index contributed by atoms with van der Waals surface area (Å²) in [5.41, 5.74) is -0.0319. The highest BCUT2D eigenvalue weighted by Crippen LogP contribution is 2.32. The van der Waals surface area contributed by atoms with Gasteiger partial charge in [-0.1, -0.05) is 6.92 Å². The molecule has 1 aromatic carbocycles. The van der Waals surface area contributed by atoms with Gasteiger partial charge in [0.25, 0.3) is 5.69 Å². The fourth-order valence-electron chi connectivity index (χ4n) is 2.22. The molecule has 1 aliphatic heterocycles. The summed E-state index contributed by atoms with van der Waals surface area (Å²) in [4.78, 5) is 22.7. The normalized spacial score (nSPS) is 17.5. The Kier molecular flexibility index (Phi) is 4.39. The van der Waals surface area contributed by atoms with Gasteiger partial charge >= 0.3 is 0 Å². The van der Waals surface area contributed by atoms with Gasteiger partial charge in [-0.15, -0.1) is 0 Å². The zero-order chi connectivity index (χ0) is 14.8. The fraction of sp³-hybridized carbons (Fsp3) is 0.462. The predicted octanol–water partition coefficient (Wildman–Crippen LogP) is 2.69. The number of hydrogen-bond donors (Lipinski definition) is 2. The maximum Gasteiger partial charge on any atom is 0.285 e. The van der Waals surface area contributed by atoms with Crippen LogP contribution in [-0.4, -0.2) is 23.9 Å². The van der Waals surface area contributed by atoms with E-state index in [2.05, 4.69) is 26.6 Å². The molecule has 0 aromatic heterocycles. The molecule has 1 heterocycles. The molecule has 0 aliphatic carbocycles. The maximum atomic E-state index is 12.3. The predicted molar refractivity (Wildman–Crippen MR) is 79.6 cm³/mol. The minimum atomic E-state index is -0.480. The van der Waals surface area contributed by atoms with Gasteiger partial charge in [-0.2, -0.15) is 0 Å². The van der Waals surface area contributed by atoms with Crippen molar-refractivity contribution in [3.63, 3.8) is 0 Å². The van der Waals surface area contributed by atoms with Gasteiger partial charge < -0.3 is 10.6 Å². The summed E-state index contributed by atoms with van der Waals surface area (Å²) in [6, 6.07) is 4.59. The van der Waals surface area contributed by atoms with E-state index in [1.165, 1.54) is 6.07 Å². The average molecular weight is 342 g/mol. The van der Waals surface area contributed by atoms with Crippen LogP contribution in [0.3, 0.4) is 0 Å². The Balaban J connectivity index is 2.15. The number of anilines is 1. The highest BCUT2D eigenvalue weighted by Gasteiger charge is 2.34. The summed E-state index contributed by atoms with van der Waals surface area (Å²) in [5, 5.41) is 16.9. The number of carbonyl (C=O) groups is 1. The lowest BCUT2D eigenvalue weighted by Gasteiger charge is -2.32. The highest BCUT2D eigenvalue weighted by molar-refractivity contribution is 9.10. The first-order valence-electron chi connectivity index (χ1n) is 6.38. The van der Waals surface area contributed by atoms with Crippen molar-refractivity contribution >= 4 is 33.2 Å². The molecular formula is C13H16BrN3O3. The van der Waals surface area contributed by atoms with Gasteiger partial charge in [0.2, 0.25) is 5.91 Å². The highest BCUT2D eigenvalue weighted by atomic mass is 79.9. The molecule has 20 heavy (non-hydrogen) atoms. The van der Waals surface area contributed by atoms with Crippen molar-refractivity contribution in [2.45, 2.75) is 19.8 Å². The molecule has 7 heteroatoms. The molecule has 108 valence electrons. The molecule has 0 saturated carbocycles. The molecule has 2 rings (SSSR count). The minimum Gasteiger partial charge on any atom is -0.325 e. The minimum absolute atomic E-state index is 0.0572. The largest absolute Gasteiger partial charge is 0.325 e. The Hall–Kier alpha value is -1.47. The zero-order valence-corrected chi connectivity index (χ0v) is 12.7. The van der Waals surface area contributed by atoms with E-state index < -0.39 is 10.3 Å². The summed E-state index contributed by atoms with van der Waals surface area (Å²) < 4.78 is 0.397. The third-order valence-electron chi connectivity index (χ3n) is 3.66. The molecule has 1 aromatic rings. The molecule has 0 spiro atoms. The van der Waals surface area contributed by atoms with Crippen LogP contribution in [-0.2, 0) is 4.79 Å². The quantitative estimate of drug-likeness (QED) is 0.653. The van der Waals surface area contributed by atoms with Gasteiger partial charge in [0, 0.05) is 17.2 Å². The van der Waals surface area contributed by atoms with Crippen molar-refractivity contribution in [3.05, 3.63) is 32.8 Å². The first-order chi connectivity index (χ1) is 9.42. The molecule has 1 saturated heterocycles. The average Bonchev–Trinajstić information content (AvgIpc) is 2.41. The van der Waals surface area contributed by atoms with Gasteiger partial charge in [0.15, 0.2) is 0 Å². The Morgan fingerprint density at radius 3 is 2.70 bits per heavy atom. The number of halogens is 1. The molecular weight excluding hydrogens is 326 g/mol. The van der Waals surface area contributed by atoms with Crippen molar-refractivity contribution in [2.24, 2.45) is 5.41 Å². The summed E-state index contributed by atoms with van der Waals surface area (Å²) in [6.07, 6.45) is 1.52. The maximum absolute atomic E-state index is 12.3. The monoisotopic (exact) mass is 341 g/mol. The summed E-state index contributed by atoms with van der Waals surface area (Å²) in [7, 11) is 0. The lowest BCUT2D eigenvalue weighted by Crippen LogP contribution is -2.42. The summed E-state index contributed by atoms with van der Waals surface area (Å²) in [5.74, 6) is -0.0874. The lowest BCUT2D eigenvalue weighted by atomic mass is 9.80. The fourth-order valence-corrected chi connectivity index (χ4v) is 2.61. The SMILES string of the molecule is CC1(C(=O)Nc2ccc(Br)c([N+](=O)[O-])c2)CCNCC1. The number of nitro benzene ring substituents is 1. The Morgan fingerprint density at radius 2 is 2.10 bits per heavy atom. The van der Waals surface area contributed by atoms with Crippen LogP contribution in [0.1, 0.15) is 19.8 Å². The van der Waals surface area contributed by atoms with Crippen LogP contribution in [0.25, 0.3) is 0 Å². The third-order valence-corrected chi connectivity index (χ3v) is 4.33. The molecule has 0 atom stereocenters. The smallest absolute Gasteiger partial charge is 0.285 e. The van der Waals surface area contributed by atoms with Crippen LogP contribution in [0.4, 0.5) is 11.4 Å². The molecule has 6 nitrogen and oxygen atoms in total. The molecule has 1 aliphatic rings. The van der Waals surface area contributed by atoms with E-state index in [4.69, 9.17) is 0 Å². The van der Waals surface area contributed by atoms with E-state index >= 15 is 0 Å². The van der Waals surface area contributed by atoms with Crippen LogP contribution in [0, 0.1) is 15.5 Å². The molecule has 0 unspecified atom stereocenters. The molecule has 0 bridgehead atoms. The first-order valence-corrected chi connectivity index (χ1v) is 7.18. The van der Waals surface area contributed by atoms with Crippen molar-refractivity contribution in [3.8, 4) is 0 Å². The number of carbonyl (C=O) groups excluding carboxylic acids is 1. The second-order valence-electron chi connectivity index (χ2n) is 5.19. The number of nitrogens with one attached hydrogen (secondary N) is 2. The van der Waals surface area contributed by atoms with Gasteiger partial charge in [-0.3, -0.25) is 14.9 Å². The molecule has 1 amide bonds. The number of nitrogens with zero attached hydrogens (tertiary/aromatic N) is 1. The van der Waals surface area contributed by atoms with Crippen molar-refractivity contribution < 1.29 is 9.72 Å². The summed E-state index contributed by atoms with van der Waals surface area (Å²) >= 11 is 3.12. The number of nitro groups is 1. The summed E-state index contributed by atoms with van der Waals surface area (Å²) in [6.45, 7) is 3.55. The number of hydrogen-bond acceptors (Lipinski definition) is 4. The van der Waals surface area contributed by atoms with Gasteiger partial charge in [-0.05, 0) is 54.0 Å². The number of benzene rings is 1. The van der Waals surface area contributed by atoms with E-state index in [-0.39, 0.29) is 11.6 Å². The molecule has 0 radical (unpaired) electrons. The molecule has 2 N–H and O–H groups in total. The van der Waals surface area contributed by atoms with Crippen LogP contribution in [0.15, 0.2) is 22.7 Å². The Labute approximate surface area is 125 Å². The third kappa shape index (κ3) is 3.16. The van der Waals surface area contributed by atoms with Crippen molar-refractivity contribution in [2.75, 3.05) is 18.4 Å². The van der Waals surface area contributed by atoms with E-state index in [0.29, 0.717) is 10.2 Å². The molecule has 1 fully saturated rings. The standard InChI is InChI=1S/C13H16BrN3O3/c1-13(4-6-15-7-5-13)12(18)16-9-2-3-10(14)11(8-9)17(19)20/h2-3,8,15H,4-7H2,1H3,(H,16,18). The van der Waals surface area contributed by atoms with E-state index in [9.17, 15) is 14.9 Å².